The molecular weight excluding hydrogens is 276 g/mol. The molecule has 1 saturated heterocycles. The van der Waals surface area contributed by atoms with Crippen LogP contribution in [0.5, 0.6) is 0 Å². The van der Waals surface area contributed by atoms with Gasteiger partial charge in [-0.25, -0.2) is 8.42 Å². The second kappa shape index (κ2) is 5.44. The molecule has 20 heavy (non-hydrogen) atoms. The molecule has 0 radical (unpaired) electrons. The Labute approximate surface area is 119 Å². The summed E-state index contributed by atoms with van der Waals surface area (Å²) in [6.07, 6.45) is 2.52. The number of aliphatic hydroxyl groups excluding tert-OH is 1. The van der Waals surface area contributed by atoms with E-state index in [4.69, 9.17) is 5.11 Å². The first kappa shape index (κ1) is 14.0. The molecule has 1 heterocycles. The summed E-state index contributed by atoms with van der Waals surface area (Å²) >= 11 is 0. The van der Waals surface area contributed by atoms with Crippen molar-refractivity contribution in [2.45, 2.75) is 30.4 Å². The van der Waals surface area contributed by atoms with E-state index < -0.39 is 10.0 Å². The Morgan fingerprint density at radius 3 is 2.15 bits per heavy atom. The first-order valence-electron chi connectivity index (χ1n) is 7.05. The topological polar surface area (TPSA) is 60.9 Å². The first-order valence-corrected chi connectivity index (χ1v) is 8.49. The molecule has 2 aliphatic rings. The van der Waals surface area contributed by atoms with Crippen LogP contribution in [0.25, 0.3) is 0 Å². The number of aliphatic hydroxyl groups is 1. The van der Waals surface area contributed by atoms with Gasteiger partial charge in [0.2, 0.25) is 10.0 Å². The van der Waals surface area contributed by atoms with Crippen molar-refractivity contribution >= 4 is 10.0 Å². The van der Waals surface area contributed by atoms with Crippen LogP contribution in [0.4, 0.5) is 0 Å². The highest BCUT2D eigenvalue weighted by molar-refractivity contribution is 7.89. The molecule has 0 atom stereocenters. The number of nitrogens with zero attached hydrogens (tertiary/aromatic N) is 2. The summed E-state index contributed by atoms with van der Waals surface area (Å²) in [7, 11) is -3.39. The summed E-state index contributed by atoms with van der Waals surface area (Å²) in [6.45, 7) is 2.73. The van der Waals surface area contributed by atoms with E-state index in [1.807, 2.05) is 0 Å². The van der Waals surface area contributed by atoms with E-state index in [1.165, 1.54) is 12.8 Å². The van der Waals surface area contributed by atoms with Crippen LogP contribution in [0.15, 0.2) is 29.2 Å². The molecule has 1 aromatic rings. The van der Waals surface area contributed by atoms with E-state index in [0.29, 0.717) is 24.0 Å². The van der Waals surface area contributed by atoms with E-state index >= 15 is 0 Å². The van der Waals surface area contributed by atoms with Gasteiger partial charge in [-0.1, -0.05) is 12.1 Å². The summed E-state index contributed by atoms with van der Waals surface area (Å²) in [6, 6.07) is 7.17. The lowest BCUT2D eigenvalue weighted by molar-refractivity contribution is 0.180. The largest absolute Gasteiger partial charge is 0.392 e. The first-order chi connectivity index (χ1) is 9.61. The second-order valence-electron chi connectivity index (χ2n) is 5.47. The summed E-state index contributed by atoms with van der Waals surface area (Å²) < 4.78 is 26.6. The van der Waals surface area contributed by atoms with Crippen molar-refractivity contribution in [1.29, 1.82) is 0 Å². The molecule has 1 aliphatic heterocycles. The van der Waals surface area contributed by atoms with Crippen molar-refractivity contribution < 1.29 is 13.5 Å². The lowest BCUT2D eigenvalue weighted by atomic mass is 10.2. The highest BCUT2D eigenvalue weighted by atomic mass is 32.2. The molecule has 1 aliphatic carbocycles. The van der Waals surface area contributed by atoms with Gasteiger partial charge in [0.1, 0.15) is 0 Å². The van der Waals surface area contributed by atoms with E-state index in [9.17, 15) is 8.42 Å². The quantitative estimate of drug-likeness (QED) is 0.886. The van der Waals surface area contributed by atoms with Crippen LogP contribution in [0.3, 0.4) is 0 Å². The number of hydrogen-bond donors (Lipinski definition) is 1. The van der Waals surface area contributed by atoms with Gasteiger partial charge in [-0.15, -0.1) is 0 Å². The SMILES string of the molecule is O=S(=O)(c1ccc(CO)cc1)N1CCN(C2CC2)CC1. The van der Waals surface area contributed by atoms with Crippen molar-refractivity contribution in [3.05, 3.63) is 29.8 Å². The van der Waals surface area contributed by atoms with Gasteiger partial charge in [0.25, 0.3) is 0 Å². The minimum atomic E-state index is -3.39. The fourth-order valence-corrected chi connectivity index (χ4v) is 4.09. The van der Waals surface area contributed by atoms with Gasteiger partial charge in [0.15, 0.2) is 0 Å². The van der Waals surface area contributed by atoms with Crippen molar-refractivity contribution in [2.75, 3.05) is 26.2 Å². The van der Waals surface area contributed by atoms with E-state index in [1.54, 1.807) is 28.6 Å². The second-order valence-corrected chi connectivity index (χ2v) is 7.41. The maximum Gasteiger partial charge on any atom is 0.243 e. The maximum atomic E-state index is 12.5. The zero-order valence-electron chi connectivity index (χ0n) is 11.4. The van der Waals surface area contributed by atoms with Gasteiger partial charge in [0, 0.05) is 32.2 Å². The lowest BCUT2D eigenvalue weighted by Crippen LogP contribution is -2.49. The molecule has 2 fully saturated rings. The summed E-state index contributed by atoms with van der Waals surface area (Å²) in [5.74, 6) is 0. The number of rotatable bonds is 4. The van der Waals surface area contributed by atoms with Crippen LogP contribution < -0.4 is 0 Å². The van der Waals surface area contributed by atoms with Crippen LogP contribution in [-0.2, 0) is 16.6 Å². The van der Waals surface area contributed by atoms with Gasteiger partial charge < -0.3 is 5.11 Å². The van der Waals surface area contributed by atoms with E-state index in [2.05, 4.69) is 4.90 Å². The number of sulfonamides is 1. The van der Waals surface area contributed by atoms with E-state index in [0.717, 1.165) is 18.7 Å². The molecule has 0 amide bonds. The smallest absolute Gasteiger partial charge is 0.243 e. The van der Waals surface area contributed by atoms with Gasteiger partial charge in [-0.05, 0) is 30.5 Å². The Kier molecular flexibility index (Phi) is 3.81. The zero-order chi connectivity index (χ0) is 14.2. The van der Waals surface area contributed by atoms with Crippen LogP contribution >= 0.6 is 0 Å². The molecule has 5 nitrogen and oxygen atoms in total. The van der Waals surface area contributed by atoms with Gasteiger partial charge in [-0.2, -0.15) is 4.31 Å². The Bertz CT molecular complexity index is 559. The minimum Gasteiger partial charge on any atom is -0.392 e. The van der Waals surface area contributed by atoms with Crippen LogP contribution in [0, 0.1) is 0 Å². The molecule has 1 aromatic carbocycles. The molecule has 110 valence electrons. The van der Waals surface area contributed by atoms with E-state index in [-0.39, 0.29) is 6.61 Å². The van der Waals surface area contributed by atoms with Crippen molar-refractivity contribution in [2.24, 2.45) is 0 Å². The third kappa shape index (κ3) is 2.74. The predicted octanol–water partition coefficient (Wildman–Crippen LogP) is 0.648. The molecule has 1 N–H and O–H groups in total. The maximum absolute atomic E-state index is 12.5. The van der Waals surface area contributed by atoms with Crippen LogP contribution in [-0.4, -0.2) is 55.0 Å². The lowest BCUT2D eigenvalue weighted by Gasteiger charge is -2.34. The third-order valence-electron chi connectivity index (χ3n) is 4.08. The van der Waals surface area contributed by atoms with Gasteiger partial charge in [-0.3, -0.25) is 4.90 Å². The zero-order valence-corrected chi connectivity index (χ0v) is 12.2. The minimum absolute atomic E-state index is 0.0691. The molecule has 0 aromatic heterocycles. The van der Waals surface area contributed by atoms with Crippen LogP contribution in [0.2, 0.25) is 0 Å². The summed E-state index contributed by atoms with van der Waals surface area (Å²) in [4.78, 5) is 2.70. The summed E-state index contributed by atoms with van der Waals surface area (Å²) in [5.41, 5.74) is 0.725. The number of benzene rings is 1. The molecule has 0 bridgehead atoms. The Morgan fingerprint density at radius 2 is 1.65 bits per heavy atom. The molecule has 0 spiro atoms. The average Bonchev–Trinajstić information content (AvgIpc) is 3.32. The summed E-state index contributed by atoms with van der Waals surface area (Å²) in [5, 5.41) is 9.00. The average molecular weight is 296 g/mol. The van der Waals surface area contributed by atoms with Crippen molar-refractivity contribution in [1.82, 2.24) is 9.21 Å². The highest BCUT2D eigenvalue weighted by Crippen LogP contribution is 2.28. The highest BCUT2D eigenvalue weighted by Gasteiger charge is 2.34. The standard InChI is InChI=1S/C14H20N2O3S/c17-11-12-1-5-14(6-2-12)20(18,19)16-9-7-15(8-10-16)13-3-4-13/h1-2,5-6,13,17H,3-4,7-11H2. The van der Waals surface area contributed by atoms with Gasteiger partial charge >= 0.3 is 0 Å². The number of hydrogen-bond acceptors (Lipinski definition) is 4. The van der Waals surface area contributed by atoms with Crippen molar-refractivity contribution in [3.8, 4) is 0 Å². The Morgan fingerprint density at radius 1 is 1.05 bits per heavy atom. The Hall–Kier alpha value is -0.950. The number of piperazine rings is 1. The fraction of sp³-hybridized carbons (Fsp3) is 0.571. The monoisotopic (exact) mass is 296 g/mol. The van der Waals surface area contributed by atoms with Crippen LogP contribution in [0.1, 0.15) is 18.4 Å². The van der Waals surface area contributed by atoms with Crippen molar-refractivity contribution in [3.63, 3.8) is 0 Å². The molecule has 0 unspecified atom stereocenters. The molecule has 6 heteroatoms. The fourth-order valence-electron chi connectivity index (χ4n) is 2.66. The normalized spacial score (nSPS) is 22.1. The van der Waals surface area contributed by atoms with Gasteiger partial charge in [0.05, 0.1) is 11.5 Å². The molecular formula is C14H20N2O3S. The predicted molar refractivity (Wildman–Crippen MR) is 75.7 cm³/mol. The molecule has 1 saturated carbocycles. The third-order valence-corrected chi connectivity index (χ3v) is 5.99. The Balaban J connectivity index is 1.71. The molecule has 3 rings (SSSR count).